The molecule has 1 N–H and O–H groups in total. The Bertz CT molecular complexity index is 266. The second kappa shape index (κ2) is 12.9. The minimum Gasteiger partial charge on any atom is -0.466 e. The number of carbonyl (C=O) groups is 2. The third kappa shape index (κ3) is 10.8. The summed E-state index contributed by atoms with van der Waals surface area (Å²) in [5, 5.41) is 3.27. The second-order valence-corrected chi connectivity index (χ2v) is 4.31. The largest absolute Gasteiger partial charge is 0.466 e. The number of rotatable bonds is 6. The van der Waals surface area contributed by atoms with E-state index in [0.717, 1.165) is 32.7 Å². The first kappa shape index (κ1) is 18.9. The van der Waals surface area contributed by atoms with E-state index in [1.165, 1.54) is 0 Å². The highest BCUT2D eigenvalue weighted by atomic mass is 16.5. The van der Waals surface area contributed by atoms with Crippen LogP contribution in [0.5, 0.6) is 0 Å². The lowest BCUT2D eigenvalue weighted by atomic mass is 10.3. The summed E-state index contributed by atoms with van der Waals surface area (Å²) in [6.45, 7) is 11.4. The maximum atomic E-state index is 11.0. The fraction of sp³-hybridized carbons (Fsp3) is 0.857. The van der Waals surface area contributed by atoms with Gasteiger partial charge in [-0.2, -0.15) is 0 Å². The molecule has 0 aromatic carbocycles. The molecule has 1 heterocycles. The number of nitrogens with one attached hydrogen (secondary N) is 1. The smallest absolute Gasteiger partial charge is 0.307 e. The third-order valence-electron chi connectivity index (χ3n) is 2.74. The van der Waals surface area contributed by atoms with E-state index in [4.69, 9.17) is 4.74 Å². The Morgan fingerprint density at radius 2 is 1.55 bits per heavy atom. The molecule has 0 saturated carbocycles. The lowest BCUT2D eigenvalue weighted by Crippen LogP contribution is -2.44. The van der Waals surface area contributed by atoms with Gasteiger partial charge in [-0.15, -0.1) is 0 Å². The fourth-order valence-electron chi connectivity index (χ4n) is 1.68. The van der Waals surface area contributed by atoms with Gasteiger partial charge in [-0.25, -0.2) is 0 Å². The first-order valence-electron chi connectivity index (χ1n) is 7.38. The van der Waals surface area contributed by atoms with Crippen molar-refractivity contribution in [3.63, 3.8) is 0 Å². The number of hydrogen-bond acceptors (Lipinski definition) is 6. The van der Waals surface area contributed by atoms with Crippen LogP contribution < -0.4 is 5.32 Å². The summed E-state index contributed by atoms with van der Waals surface area (Å²) in [7, 11) is 0. The predicted octanol–water partition coefficient (Wildman–Crippen LogP) is 0.804. The molecule has 1 rings (SSSR count). The number of hydrogen-bond donors (Lipinski definition) is 1. The number of esters is 2. The van der Waals surface area contributed by atoms with Crippen LogP contribution in [0.25, 0.3) is 0 Å². The molecule has 1 aliphatic rings. The van der Waals surface area contributed by atoms with Crippen LogP contribution >= 0.6 is 0 Å². The molecule has 0 aromatic rings. The minimum atomic E-state index is -0.123. The van der Waals surface area contributed by atoms with E-state index in [2.05, 4.69) is 15.0 Å². The zero-order chi connectivity index (χ0) is 15.2. The van der Waals surface area contributed by atoms with Crippen molar-refractivity contribution < 1.29 is 19.1 Å². The van der Waals surface area contributed by atoms with Crippen molar-refractivity contribution >= 4 is 11.9 Å². The molecule has 0 aromatic heterocycles. The average Bonchev–Trinajstić information content (AvgIpc) is 2.47. The van der Waals surface area contributed by atoms with Crippen molar-refractivity contribution in [1.29, 1.82) is 0 Å². The number of ether oxygens (including phenoxy) is 2. The van der Waals surface area contributed by atoms with Crippen molar-refractivity contribution in [3.8, 4) is 0 Å². The van der Waals surface area contributed by atoms with Gasteiger partial charge in [0.1, 0.15) is 0 Å². The van der Waals surface area contributed by atoms with Crippen molar-refractivity contribution in [2.75, 3.05) is 45.9 Å². The highest BCUT2D eigenvalue weighted by Gasteiger charge is 2.11. The first-order chi connectivity index (χ1) is 9.63. The summed E-state index contributed by atoms with van der Waals surface area (Å²) >= 11 is 0. The molecule has 6 nitrogen and oxygen atoms in total. The normalized spacial score (nSPS) is 14.9. The van der Waals surface area contributed by atoms with Gasteiger partial charge in [0.05, 0.1) is 19.6 Å². The molecule has 1 fully saturated rings. The monoisotopic (exact) mass is 288 g/mol. The van der Waals surface area contributed by atoms with Gasteiger partial charge >= 0.3 is 11.9 Å². The van der Waals surface area contributed by atoms with Gasteiger partial charge < -0.3 is 19.7 Å². The highest BCUT2D eigenvalue weighted by Crippen LogP contribution is 1.95. The van der Waals surface area contributed by atoms with Crippen LogP contribution in [-0.2, 0) is 19.1 Å². The van der Waals surface area contributed by atoms with E-state index in [0.29, 0.717) is 26.1 Å². The number of carbonyl (C=O) groups excluding carboxylic acids is 2. The Labute approximate surface area is 121 Å². The molecule has 0 aliphatic carbocycles. The molecular formula is C14H28N2O4. The lowest BCUT2D eigenvalue weighted by molar-refractivity contribution is -0.144. The van der Waals surface area contributed by atoms with Gasteiger partial charge in [-0.1, -0.05) is 6.92 Å². The van der Waals surface area contributed by atoms with Gasteiger partial charge in [0.25, 0.3) is 0 Å². The molecular weight excluding hydrogens is 260 g/mol. The van der Waals surface area contributed by atoms with Crippen LogP contribution in [-0.4, -0.2) is 62.8 Å². The summed E-state index contributed by atoms with van der Waals surface area (Å²) in [4.78, 5) is 23.5. The molecule has 6 heteroatoms. The minimum absolute atomic E-state index is 0.0824. The molecule has 1 saturated heterocycles. The topological polar surface area (TPSA) is 67.9 Å². The fourth-order valence-corrected chi connectivity index (χ4v) is 1.68. The molecule has 0 spiro atoms. The summed E-state index contributed by atoms with van der Waals surface area (Å²) in [5.41, 5.74) is 0. The van der Waals surface area contributed by atoms with Gasteiger partial charge in [-0.05, 0) is 13.8 Å². The Morgan fingerprint density at radius 1 is 1.00 bits per heavy atom. The third-order valence-corrected chi connectivity index (χ3v) is 2.74. The molecule has 0 amide bonds. The maximum absolute atomic E-state index is 11.0. The van der Waals surface area contributed by atoms with E-state index < -0.39 is 0 Å². The van der Waals surface area contributed by atoms with Crippen LogP contribution in [0, 0.1) is 0 Å². The SMILES string of the molecule is CCOC(=O)CC.CCOC(=O)CCN1CCNCC1. The zero-order valence-corrected chi connectivity index (χ0v) is 12.9. The standard InChI is InChI=1S/C9H18N2O2.C5H10O2/c1-2-13-9(12)3-6-11-7-4-10-5-8-11;1-3-5(6)7-4-2/h10H,2-8H2,1H3;3-4H2,1-2H3. The Hall–Kier alpha value is -1.14. The Balaban J connectivity index is 0.000000441. The van der Waals surface area contributed by atoms with E-state index >= 15 is 0 Å². The van der Waals surface area contributed by atoms with Crippen LogP contribution in [0.15, 0.2) is 0 Å². The van der Waals surface area contributed by atoms with Gasteiger partial charge in [0.15, 0.2) is 0 Å². The van der Waals surface area contributed by atoms with Gasteiger partial charge in [0.2, 0.25) is 0 Å². The van der Waals surface area contributed by atoms with E-state index in [1.54, 1.807) is 13.8 Å². The summed E-state index contributed by atoms with van der Waals surface area (Å²) in [6.07, 6.45) is 1.00. The molecule has 1 aliphatic heterocycles. The highest BCUT2D eigenvalue weighted by molar-refractivity contribution is 5.69. The Kier molecular flexibility index (Phi) is 12.1. The molecule has 118 valence electrons. The summed E-state index contributed by atoms with van der Waals surface area (Å²) < 4.78 is 9.40. The molecule has 0 bridgehead atoms. The van der Waals surface area contributed by atoms with E-state index in [-0.39, 0.29) is 11.9 Å². The first-order valence-corrected chi connectivity index (χ1v) is 7.38. The zero-order valence-electron chi connectivity index (χ0n) is 12.9. The van der Waals surface area contributed by atoms with Crippen LogP contribution in [0.2, 0.25) is 0 Å². The van der Waals surface area contributed by atoms with E-state index in [9.17, 15) is 9.59 Å². The summed E-state index contributed by atoms with van der Waals surface area (Å²) in [6, 6.07) is 0. The quantitative estimate of drug-likeness (QED) is 0.729. The van der Waals surface area contributed by atoms with Crippen LogP contribution in [0.4, 0.5) is 0 Å². The van der Waals surface area contributed by atoms with Crippen molar-refractivity contribution in [1.82, 2.24) is 10.2 Å². The number of nitrogens with zero attached hydrogens (tertiary/aromatic N) is 1. The summed E-state index contributed by atoms with van der Waals surface area (Å²) in [5.74, 6) is -0.205. The Morgan fingerprint density at radius 3 is 2.00 bits per heavy atom. The lowest BCUT2D eigenvalue weighted by Gasteiger charge is -2.26. The van der Waals surface area contributed by atoms with Crippen LogP contribution in [0.3, 0.4) is 0 Å². The molecule has 0 atom stereocenters. The second-order valence-electron chi connectivity index (χ2n) is 4.31. The van der Waals surface area contributed by atoms with Crippen molar-refractivity contribution in [2.24, 2.45) is 0 Å². The van der Waals surface area contributed by atoms with E-state index in [1.807, 2.05) is 6.92 Å². The van der Waals surface area contributed by atoms with Gasteiger partial charge in [0, 0.05) is 39.1 Å². The van der Waals surface area contributed by atoms with Crippen LogP contribution in [0.1, 0.15) is 33.6 Å². The number of piperazine rings is 1. The predicted molar refractivity (Wildman–Crippen MR) is 77.5 cm³/mol. The average molecular weight is 288 g/mol. The molecule has 0 radical (unpaired) electrons. The maximum Gasteiger partial charge on any atom is 0.307 e. The van der Waals surface area contributed by atoms with Crippen molar-refractivity contribution in [3.05, 3.63) is 0 Å². The molecule has 0 unspecified atom stereocenters. The van der Waals surface area contributed by atoms with Crippen molar-refractivity contribution in [2.45, 2.75) is 33.6 Å². The van der Waals surface area contributed by atoms with Gasteiger partial charge in [-0.3, -0.25) is 9.59 Å². The molecule has 20 heavy (non-hydrogen) atoms.